The molecule has 0 unspecified atom stereocenters. The first-order chi connectivity index (χ1) is 8.68. The minimum atomic E-state index is -1.76. The lowest BCUT2D eigenvalue weighted by atomic mass is 9.73. The standard InChI is InChI=1S/C17H32OSi/c1-8-13-17(14-11-10-12-15(17)9-2)18-19(6,7)16(3,4)5/h8-9,15H,1-2,10-14H2,3-7H3/t15-,17-/m0/s1. The van der Waals surface area contributed by atoms with Crippen LogP contribution in [-0.4, -0.2) is 13.9 Å². The Labute approximate surface area is 121 Å². The number of hydrogen-bond donors (Lipinski definition) is 0. The Morgan fingerprint density at radius 3 is 2.37 bits per heavy atom. The SMILES string of the molecule is C=CC[C@]1(O[Si](C)(C)C(C)(C)C)CCCC[C@@H]1C=C. The van der Waals surface area contributed by atoms with Crippen molar-refractivity contribution in [2.75, 3.05) is 0 Å². The highest BCUT2D eigenvalue weighted by atomic mass is 28.4. The lowest BCUT2D eigenvalue weighted by Gasteiger charge is -2.50. The van der Waals surface area contributed by atoms with E-state index in [-0.39, 0.29) is 10.6 Å². The van der Waals surface area contributed by atoms with E-state index in [0.29, 0.717) is 5.92 Å². The van der Waals surface area contributed by atoms with Crippen molar-refractivity contribution in [3.8, 4) is 0 Å². The van der Waals surface area contributed by atoms with E-state index in [2.05, 4.69) is 53.1 Å². The fourth-order valence-electron chi connectivity index (χ4n) is 2.90. The molecule has 1 rings (SSSR count). The lowest BCUT2D eigenvalue weighted by molar-refractivity contribution is -0.0143. The fraction of sp³-hybridized carbons (Fsp3) is 0.765. The van der Waals surface area contributed by atoms with E-state index in [1.54, 1.807) is 0 Å². The summed E-state index contributed by atoms with van der Waals surface area (Å²) in [6.07, 6.45) is 10.1. The van der Waals surface area contributed by atoms with Gasteiger partial charge in [0, 0.05) is 5.92 Å². The lowest BCUT2D eigenvalue weighted by Crippen LogP contribution is -2.53. The predicted molar refractivity (Wildman–Crippen MR) is 88.0 cm³/mol. The summed E-state index contributed by atoms with van der Waals surface area (Å²) in [6.45, 7) is 19.7. The van der Waals surface area contributed by atoms with E-state index in [4.69, 9.17) is 4.43 Å². The highest BCUT2D eigenvalue weighted by molar-refractivity contribution is 6.74. The van der Waals surface area contributed by atoms with Gasteiger partial charge in [-0.3, -0.25) is 0 Å². The average Bonchev–Trinajstić information content (AvgIpc) is 2.27. The Kier molecular flexibility index (Phi) is 5.25. The molecule has 0 heterocycles. The Morgan fingerprint density at radius 1 is 1.26 bits per heavy atom. The number of hydrogen-bond acceptors (Lipinski definition) is 1. The van der Waals surface area contributed by atoms with Gasteiger partial charge in [-0.2, -0.15) is 0 Å². The fourth-order valence-corrected chi connectivity index (χ4v) is 4.56. The second-order valence-corrected chi connectivity index (χ2v) is 12.2. The minimum Gasteiger partial charge on any atom is -0.410 e. The quantitative estimate of drug-likeness (QED) is 0.463. The van der Waals surface area contributed by atoms with Crippen LogP contribution in [-0.2, 0) is 4.43 Å². The molecule has 0 aliphatic heterocycles. The Balaban J connectivity index is 3.05. The van der Waals surface area contributed by atoms with Crippen LogP contribution in [0.15, 0.2) is 25.3 Å². The molecule has 0 aromatic rings. The zero-order valence-corrected chi connectivity index (χ0v) is 14.6. The van der Waals surface area contributed by atoms with Crippen LogP contribution in [0.2, 0.25) is 18.1 Å². The molecular weight excluding hydrogens is 248 g/mol. The summed E-state index contributed by atoms with van der Waals surface area (Å²) in [4.78, 5) is 0. The van der Waals surface area contributed by atoms with Crippen molar-refractivity contribution >= 4 is 8.32 Å². The molecule has 19 heavy (non-hydrogen) atoms. The van der Waals surface area contributed by atoms with Gasteiger partial charge >= 0.3 is 0 Å². The third-order valence-electron chi connectivity index (χ3n) is 5.08. The van der Waals surface area contributed by atoms with E-state index in [9.17, 15) is 0 Å². The van der Waals surface area contributed by atoms with Gasteiger partial charge in [0.05, 0.1) is 5.60 Å². The van der Waals surface area contributed by atoms with Crippen LogP contribution in [0, 0.1) is 5.92 Å². The van der Waals surface area contributed by atoms with Crippen molar-refractivity contribution < 1.29 is 4.43 Å². The van der Waals surface area contributed by atoms with Crippen LogP contribution in [0.1, 0.15) is 52.9 Å². The summed E-state index contributed by atoms with van der Waals surface area (Å²) in [7, 11) is -1.76. The van der Waals surface area contributed by atoms with Gasteiger partial charge in [0.15, 0.2) is 8.32 Å². The molecule has 0 amide bonds. The van der Waals surface area contributed by atoms with Crippen LogP contribution < -0.4 is 0 Å². The summed E-state index contributed by atoms with van der Waals surface area (Å²) in [5, 5.41) is 0.254. The molecule has 2 atom stereocenters. The van der Waals surface area contributed by atoms with Crippen LogP contribution in [0.25, 0.3) is 0 Å². The molecule has 0 spiro atoms. The van der Waals surface area contributed by atoms with Crippen LogP contribution in [0.5, 0.6) is 0 Å². The summed E-state index contributed by atoms with van der Waals surface area (Å²) in [5.74, 6) is 0.480. The molecule has 0 aromatic heterocycles. The van der Waals surface area contributed by atoms with Crippen molar-refractivity contribution in [3.05, 3.63) is 25.3 Å². The molecule has 0 bridgehead atoms. The van der Waals surface area contributed by atoms with Crippen molar-refractivity contribution in [2.45, 2.75) is 76.6 Å². The average molecular weight is 281 g/mol. The first-order valence-electron chi connectivity index (χ1n) is 7.62. The maximum atomic E-state index is 6.87. The van der Waals surface area contributed by atoms with Gasteiger partial charge in [-0.15, -0.1) is 13.2 Å². The Morgan fingerprint density at radius 2 is 1.89 bits per heavy atom. The molecule has 0 aromatic carbocycles. The normalized spacial score (nSPS) is 29.0. The summed E-state index contributed by atoms with van der Waals surface area (Å²) in [6, 6.07) is 0. The second-order valence-electron chi connectivity index (χ2n) is 7.51. The Hall–Kier alpha value is -0.343. The van der Waals surface area contributed by atoms with Crippen molar-refractivity contribution in [1.82, 2.24) is 0 Å². The van der Waals surface area contributed by atoms with Crippen LogP contribution in [0.4, 0.5) is 0 Å². The smallest absolute Gasteiger partial charge is 0.192 e. The van der Waals surface area contributed by atoms with Crippen molar-refractivity contribution in [3.63, 3.8) is 0 Å². The van der Waals surface area contributed by atoms with E-state index >= 15 is 0 Å². The third-order valence-corrected chi connectivity index (χ3v) is 9.61. The summed E-state index contributed by atoms with van der Waals surface area (Å²) >= 11 is 0. The van der Waals surface area contributed by atoms with E-state index in [1.165, 1.54) is 19.3 Å². The van der Waals surface area contributed by atoms with Gasteiger partial charge in [0.1, 0.15) is 0 Å². The highest BCUT2D eigenvalue weighted by Crippen LogP contribution is 2.47. The van der Waals surface area contributed by atoms with Crippen molar-refractivity contribution in [1.29, 1.82) is 0 Å². The zero-order chi connectivity index (χ0) is 14.7. The second kappa shape index (κ2) is 5.97. The molecule has 2 heteroatoms. The van der Waals surface area contributed by atoms with Gasteiger partial charge in [-0.1, -0.05) is 45.8 Å². The summed E-state index contributed by atoms with van der Waals surface area (Å²) in [5.41, 5.74) is -0.0370. The van der Waals surface area contributed by atoms with Crippen LogP contribution >= 0.6 is 0 Å². The molecule has 1 saturated carbocycles. The molecule has 1 aliphatic carbocycles. The first kappa shape index (κ1) is 16.7. The third kappa shape index (κ3) is 3.60. The maximum absolute atomic E-state index is 6.87. The molecule has 0 radical (unpaired) electrons. The van der Waals surface area contributed by atoms with E-state index in [1.807, 2.05) is 6.08 Å². The molecule has 1 nitrogen and oxygen atoms in total. The molecule has 110 valence electrons. The topological polar surface area (TPSA) is 9.23 Å². The van der Waals surface area contributed by atoms with E-state index < -0.39 is 8.32 Å². The van der Waals surface area contributed by atoms with E-state index in [0.717, 1.165) is 12.8 Å². The van der Waals surface area contributed by atoms with Crippen molar-refractivity contribution in [2.24, 2.45) is 5.92 Å². The van der Waals surface area contributed by atoms with Gasteiger partial charge in [-0.05, 0) is 37.4 Å². The maximum Gasteiger partial charge on any atom is 0.192 e. The highest BCUT2D eigenvalue weighted by Gasteiger charge is 2.47. The molecular formula is C17H32OSi. The largest absolute Gasteiger partial charge is 0.410 e. The zero-order valence-electron chi connectivity index (χ0n) is 13.6. The Bertz CT molecular complexity index is 327. The predicted octanol–water partition coefficient (Wildman–Crippen LogP) is 5.70. The molecule has 1 fully saturated rings. The molecule has 0 saturated heterocycles. The van der Waals surface area contributed by atoms with Gasteiger partial charge < -0.3 is 4.43 Å². The van der Waals surface area contributed by atoms with Gasteiger partial charge in [0.2, 0.25) is 0 Å². The van der Waals surface area contributed by atoms with Gasteiger partial charge in [0.25, 0.3) is 0 Å². The first-order valence-corrected chi connectivity index (χ1v) is 10.5. The van der Waals surface area contributed by atoms with Crippen LogP contribution in [0.3, 0.4) is 0 Å². The monoisotopic (exact) mass is 280 g/mol. The molecule has 1 aliphatic rings. The van der Waals surface area contributed by atoms with Gasteiger partial charge in [-0.25, -0.2) is 0 Å². The molecule has 0 N–H and O–H groups in total. The minimum absolute atomic E-state index is 0.0370. The number of rotatable bonds is 5. The summed E-state index contributed by atoms with van der Waals surface area (Å²) < 4.78 is 6.87.